The zero-order valence-electron chi connectivity index (χ0n) is 20.2. The van der Waals surface area contributed by atoms with Gasteiger partial charge >= 0.3 is 6.03 Å². The molecular formula is C27H30N4O4. The molecule has 35 heavy (non-hydrogen) atoms. The van der Waals surface area contributed by atoms with Crippen molar-refractivity contribution in [3.63, 3.8) is 0 Å². The fraction of sp³-hybridized carbons (Fsp3) is 0.333. The molecule has 5 rings (SSSR count). The maximum Gasteiger partial charge on any atom is 0.318 e. The van der Waals surface area contributed by atoms with Gasteiger partial charge in [-0.1, -0.05) is 17.7 Å². The highest BCUT2D eigenvalue weighted by Gasteiger charge is 2.37. The van der Waals surface area contributed by atoms with Gasteiger partial charge in [-0.3, -0.25) is 4.79 Å². The van der Waals surface area contributed by atoms with Crippen LogP contribution in [0.15, 0.2) is 60.8 Å². The van der Waals surface area contributed by atoms with E-state index in [1.54, 1.807) is 19.1 Å². The van der Waals surface area contributed by atoms with E-state index in [0.717, 1.165) is 22.5 Å². The number of benzene rings is 2. The van der Waals surface area contributed by atoms with Gasteiger partial charge in [-0.15, -0.1) is 0 Å². The van der Waals surface area contributed by atoms with Gasteiger partial charge in [0.2, 0.25) is 5.91 Å². The van der Waals surface area contributed by atoms with Gasteiger partial charge in [-0.05, 0) is 43.3 Å². The average molecular weight is 475 g/mol. The lowest BCUT2D eigenvalue weighted by Gasteiger charge is -2.38. The molecule has 2 aromatic carbocycles. The van der Waals surface area contributed by atoms with Crippen LogP contribution in [0.5, 0.6) is 11.5 Å². The summed E-state index contributed by atoms with van der Waals surface area (Å²) < 4.78 is 13.2. The highest BCUT2D eigenvalue weighted by Crippen LogP contribution is 2.39. The summed E-state index contributed by atoms with van der Waals surface area (Å²) in [6, 6.07) is 16.8. The number of rotatable bonds is 5. The van der Waals surface area contributed by atoms with Crippen LogP contribution in [0.25, 0.3) is 0 Å². The van der Waals surface area contributed by atoms with Crippen molar-refractivity contribution in [2.24, 2.45) is 0 Å². The monoisotopic (exact) mass is 474 g/mol. The Morgan fingerprint density at radius 3 is 2.57 bits per heavy atom. The van der Waals surface area contributed by atoms with Gasteiger partial charge in [0.05, 0.1) is 20.3 Å². The molecule has 8 heteroatoms. The Hall–Kier alpha value is -3.94. The molecule has 3 heterocycles. The molecule has 0 bridgehead atoms. The molecule has 1 saturated heterocycles. The molecule has 2 aliphatic rings. The third-order valence-corrected chi connectivity index (χ3v) is 6.83. The Bertz CT molecular complexity index is 1240. The minimum atomic E-state index is -0.329. The normalized spacial score (nSPS) is 19.5. The second kappa shape index (κ2) is 9.37. The number of nitrogens with one attached hydrogen (secondary N) is 1. The van der Waals surface area contributed by atoms with Crippen LogP contribution < -0.4 is 19.7 Å². The Morgan fingerprint density at radius 2 is 1.83 bits per heavy atom. The third-order valence-electron chi connectivity index (χ3n) is 6.83. The topological polar surface area (TPSA) is 76.0 Å². The first-order valence-corrected chi connectivity index (χ1v) is 11.8. The third kappa shape index (κ3) is 4.32. The molecule has 1 fully saturated rings. The van der Waals surface area contributed by atoms with E-state index in [1.807, 2.05) is 72.6 Å². The summed E-state index contributed by atoms with van der Waals surface area (Å²) in [5.74, 6) is 1.36. The first kappa shape index (κ1) is 22.8. The van der Waals surface area contributed by atoms with Crippen LogP contribution in [-0.2, 0) is 11.3 Å². The quantitative estimate of drug-likeness (QED) is 0.611. The van der Waals surface area contributed by atoms with Gasteiger partial charge < -0.3 is 29.2 Å². The number of hydrogen-bond acceptors (Lipinski definition) is 4. The van der Waals surface area contributed by atoms with E-state index in [-0.39, 0.29) is 30.4 Å². The number of aryl methyl sites for hydroxylation is 1. The smallest absolute Gasteiger partial charge is 0.318 e. The second-order valence-corrected chi connectivity index (χ2v) is 9.02. The van der Waals surface area contributed by atoms with Gasteiger partial charge in [0.15, 0.2) is 0 Å². The minimum absolute atomic E-state index is 0.0139. The number of anilines is 1. The number of amides is 3. The van der Waals surface area contributed by atoms with Crippen LogP contribution in [0.4, 0.5) is 10.5 Å². The van der Waals surface area contributed by atoms with Crippen molar-refractivity contribution in [3.05, 3.63) is 77.6 Å². The fourth-order valence-corrected chi connectivity index (χ4v) is 5.01. The summed E-state index contributed by atoms with van der Waals surface area (Å²) in [5, 5.41) is 3.12. The number of carbonyl (C=O) groups is 2. The fourth-order valence-electron chi connectivity index (χ4n) is 5.01. The average Bonchev–Trinajstić information content (AvgIpc) is 3.49. The Balaban J connectivity index is 1.39. The number of nitrogens with zero attached hydrogens (tertiary/aromatic N) is 3. The van der Waals surface area contributed by atoms with E-state index in [2.05, 4.69) is 9.88 Å². The maximum absolute atomic E-state index is 13.6. The highest BCUT2D eigenvalue weighted by atomic mass is 16.5. The number of methoxy groups -OCH3 is 2. The molecule has 0 spiro atoms. The maximum atomic E-state index is 13.6. The van der Waals surface area contributed by atoms with E-state index in [9.17, 15) is 9.59 Å². The molecule has 2 unspecified atom stereocenters. The van der Waals surface area contributed by atoms with Gasteiger partial charge in [-0.25, -0.2) is 4.79 Å². The lowest BCUT2D eigenvalue weighted by molar-refractivity contribution is -0.117. The Morgan fingerprint density at radius 1 is 1.03 bits per heavy atom. The molecule has 3 aromatic rings. The standard InChI is InChI=1S/C27H30N4O4/c1-18-6-8-20(9-7-18)31-17-19(15-25(31)32)28-27(33)30-14-13-29-12-4-5-23(29)26(30)22-11-10-21(34-2)16-24(22)35-3/h4-12,16,19,26H,13-15,17H2,1-3H3,(H,28,33). The molecule has 182 valence electrons. The van der Waals surface area contributed by atoms with E-state index >= 15 is 0 Å². The lowest BCUT2D eigenvalue weighted by Crippen LogP contribution is -2.50. The van der Waals surface area contributed by atoms with Gasteiger partial charge in [0.25, 0.3) is 0 Å². The van der Waals surface area contributed by atoms with Gasteiger partial charge in [0.1, 0.15) is 17.5 Å². The first-order valence-electron chi connectivity index (χ1n) is 11.8. The molecule has 0 saturated carbocycles. The Kier molecular flexibility index (Phi) is 6.11. The summed E-state index contributed by atoms with van der Waals surface area (Å²) in [7, 11) is 3.23. The number of ether oxygens (including phenoxy) is 2. The van der Waals surface area contributed by atoms with Crippen LogP contribution in [0.3, 0.4) is 0 Å². The van der Waals surface area contributed by atoms with E-state index in [1.165, 1.54) is 0 Å². The first-order chi connectivity index (χ1) is 17.0. The number of fused-ring (bicyclic) bond motifs is 1. The van der Waals surface area contributed by atoms with Gasteiger partial charge in [-0.2, -0.15) is 0 Å². The number of carbonyl (C=O) groups excluding carboxylic acids is 2. The summed E-state index contributed by atoms with van der Waals surface area (Å²) in [4.78, 5) is 29.9. The van der Waals surface area contributed by atoms with Crippen molar-refractivity contribution in [2.45, 2.75) is 32.0 Å². The molecule has 2 aliphatic heterocycles. The summed E-state index contributed by atoms with van der Waals surface area (Å²) in [5.41, 5.74) is 3.89. The predicted molar refractivity (Wildman–Crippen MR) is 133 cm³/mol. The number of hydrogen-bond donors (Lipinski definition) is 1. The Labute approximate surface area is 205 Å². The molecule has 0 aliphatic carbocycles. The molecule has 8 nitrogen and oxygen atoms in total. The zero-order chi connectivity index (χ0) is 24.5. The van der Waals surface area contributed by atoms with Crippen molar-refractivity contribution in [3.8, 4) is 11.5 Å². The molecular weight excluding hydrogens is 444 g/mol. The van der Waals surface area contributed by atoms with Crippen LogP contribution in [0.1, 0.15) is 29.3 Å². The van der Waals surface area contributed by atoms with E-state index in [0.29, 0.717) is 31.1 Å². The minimum Gasteiger partial charge on any atom is -0.497 e. The summed E-state index contributed by atoms with van der Waals surface area (Å²) in [6.07, 6.45) is 2.31. The molecule has 0 radical (unpaired) electrons. The lowest BCUT2D eigenvalue weighted by atomic mass is 9.99. The largest absolute Gasteiger partial charge is 0.497 e. The second-order valence-electron chi connectivity index (χ2n) is 9.02. The number of aromatic nitrogens is 1. The van der Waals surface area contributed by atoms with Gasteiger partial charge in [0, 0.05) is 55.3 Å². The van der Waals surface area contributed by atoms with Crippen LogP contribution in [0.2, 0.25) is 0 Å². The molecule has 3 amide bonds. The van der Waals surface area contributed by atoms with Crippen molar-refractivity contribution >= 4 is 17.6 Å². The molecule has 1 N–H and O–H groups in total. The summed E-state index contributed by atoms with van der Waals surface area (Å²) in [6.45, 7) is 3.70. The highest BCUT2D eigenvalue weighted by molar-refractivity contribution is 5.96. The van der Waals surface area contributed by atoms with E-state index in [4.69, 9.17) is 9.47 Å². The SMILES string of the molecule is COc1ccc(C2c3cccn3CCN2C(=O)NC2CC(=O)N(c3ccc(C)cc3)C2)c(OC)c1. The summed E-state index contributed by atoms with van der Waals surface area (Å²) >= 11 is 0. The van der Waals surface area contributed by atoms with E-state index < -0.39 is 0 Å². The van der Waals surface area contributed by atoms with Crippen molar-refractivity contribution in [1.29, 1.82) is 0 Å². The van der Waals surface area contributed by atoms with Crippen LogP contribution >= 0.6 is 0 Å². The number of urea groups is 1. The van der Waals surface area contributed by atoms with Crippen LogP contribution in [-0.4, -0.2) is 54.8 Å². The van der Waals surface area contributed by atoms with Crippen molar-refractivity contribution in [1.82, 2.24) is 14.8 Å². The molecule has 1 aromatic heterocycles. The van der Waals surface area contributed by atoms with Crippen LogP contribution in [0, 0.1) is 6.92 Å². The van der Waals surface area contributed by atoms with Crippen molar-refractivity contribution < 1.29 is 19.1 Å². The zero-order valence-corrected chi connectivity index (χ0v) is 20.2. The van der Waals surface area contributed by atoms with Crippen molar-refractivity contribution in [2.75, 3.05) is 32.2 Å². The molecule has 2 atom stereocenters. The predicted octanol–water partition coefficient (Wildman–Crippen LogP) is 3.73.